The van der Waals surface area contributed by atoms with Crippen molar-refractivity contribution in [2.45, 2.75) is 0 Å². The van der Waals surface area contributed by atoms with E-state index in [0.29, 0.717) is 17.2 Å². The van der Waals surface area contributed by atoms with Gasteiger partial charge in [-0.3, -0.25) is 0 Å². The van der Waals surface area contributed by atoms with Gasteiger partial charge in [-0.05, 0) is 24.3 Å². The summed E-state index contributed by atoms with van der Waals surface area (Å²) in [6.45, 7) is 0. The van der Waals surface area contributed by atoms with E-state index in [4.69, 9.17) is 15.2 Å². The zero-order valence-electron chi connectivity index (χ0n) is 11.0. The minimum Gasteiger partial charge on any atom is -0.497 e. The summed E-state index contributed by atoms with van der Waals surface area (Å²) in [4.78, 5) is 0. The number of nitrogen functional groups attached to an aromatic ring is 1. The summed E-state index contributed by atoms with van der Waals surface area (Å²) in [5, 5.41) is 2.65. The van der Waals surface area contributed by atoms with E-state index < -0.39 is 11.6 Å². The normalized spacial score (nSPS) is 10.2. The molecule has 0 unspecified atom stereocenters. The standard InChI is InChI=1S/C14H14F2N2O2/c1-19-9-3-4-13(20-2)12(7-9)18-14-10(15)5-8(17)6-11(14)16/h3-7,18H,17H2,1-2H3. The maximum Gasteiger partial charge on any atom is 0.151 e. The Hall–Kier alpha value is -2.50. The highest BCUT2D eigenvalue weighted by molar-refractivity contribution is 5.70. The van der Waals surface area contributed by atoms with Gasteiger partial charge in [0, 0.05) is 11.8 Å². The van der Waals surface area contributed by atoms with E-state index >= 15 is 0 Å². The minimum absolute atomic E-state index is 0.0168. The molecule has 2 aromatic carbocycles. The minimum atomic E-state index is -0.785. The van der Waals surface area contributed by atoms with Gasteiger partial charge in [0.2, 0.25) is 0 Å². The first-order valence-corrected chi connectivity index (χ1v) is 5.78. The number of anilines is 3. The van der Waals surface area contributed by atoms with Crippen molar-refractivity contribution in [1.29, 1.82) is 0 Å². The molecule has 2 rings (SSSR count). The Morgan fingerprint density at radius 3 is 2.20 bits per heavy atom. The van der Waals surface area contributed by atoms with E-state index in [1.807, 2.05) is 0 Å². The quantitative estimate of drug-likeness (QED) is 0.844. The van der Waals surface area contributed by atoms with Gasteiger partial charge in [-0.2, -0.15) is 0 Å². The van der Waals surface area contributed by atoms with Crippen molar-refractivity contribution in [3.05, 3.63) is 42.0 Å². The molecule has 0 radical (unpaired) electrons. The fourth-order valence-electron chi connectivity index (χ4n) is 1.76. The lowest BCUT2D eigenvalue weighted by Crippen LogP contribution is -2.01. The van der Waals surface area contributed by atoms with E-state index in [9.17, 15) is 8.78 Å². The highest BCUT2D eigenvalue weighted by Crippen LogP contribution is 2.33. The summed E-state index contributed by atoms with van der Waals surface area (Å²) in [6.07, 6.45) is 0. The van der Waals surface area contributed by atoms with Crippen molar-refractivity contribution < 1.29 is 18.3 Å². The van der Waals surface area contributed by atoms with Crippen molar-refractivity contribution >= 4 is 17.1 Å². The molecule has 3 N–H and O–H groups in total. The number of ether oxygens (including phenoxy) is 2. The van der Waals surface area contributed by atoms with Crippen LogP contribution < -0.4 is 20.5 Å². The number of benzene rings is 2. The van der Waals surface area contributed by atoms with Crippen molar-refractivity contribution in [1.82, 2.24) is 0 Å². The Labute approximate surface area is 115 Å². The van der Waals surface area contributed by atoms with E-state index in [-0.39, 0.29) is 11.4 Å². The Kier molecular flexibility index (Phi) is 3.93. The Morgan fingerprint density at radius 2 is 1.65 bits per heavy atom. The molecule has 0 bridgehead atoms. The molecule has 0 aromatic heterocycles. The smallest absolute Gasteiger partial charge is 0.151 e. The predicted octanol–water partition coefficient (Wildman–Crippen LogP) is 3.31. The van der Waals surface area contributed by atoms with Gasteiger partial charge in [-0.25, -0.2) is 8.78 Å². The number of rotatable bonds is 4. The van der Waals surface area contributed by atoms with Crippen LogP contribution in [0.4, 0.5) is 25.8 Å². The van der Waals surface area contributed by atoms with Crippen LogP contribution in [0.2, 0.25) is 0 Å². The molecule has 0 amide bonds. The van der Waals surface area contributed by atoms with Crippen molar-refractivity contribution in [2.75, 3.05) is 25.3 Å². The third-order valence-electron chi connectivity index (χ3n) is 2.73. The van der Waals surface area contributed by atoms with Crippen molar-refractivity contribution in [3.63, 3.8) is 0 Å². The molecule has 0 fully saturated rings. The molecule has 2 aromatic rings. The summed E-state index contributed by atoms with van der Waals surface area (Å²) < 4.78 is 37.7. The second-order valence-electron chi connectivity index (χ2n) is 4.05. The fraction of sp³-hybridized carbons (Fsp3) is 0.143. The van der Waals surface area contributed by atoms with Crippen LogP contribution in [0.3, 0.4) is 0 Å². The lowest BCUT2D eigenvalue weighted by Gasteiger charge is -2.14. The number of methoxy groups -OCH3 is 2. The van der Waals surface area contributed by atoms with Crippen LogP contribution >= 0.6 is 0 Å². The van der Waals surface area contributed by atoms with Gasteiger partial charge in [0.05, 0.1) is 19.9 Å². The first-order valence-electron chi connectivity index (χ1n) is 5.78. The molecule has 4 nitrogen and oxygen atoms in total. The maximum absolute atomic E-state index is 13.8. The molecule has 0 saturated carbocycles. The molecular weight excluding hydrogens is 266 g/mol. The van der Waals surface area contributed by atoms with Crippen LogP contribution in [0.15, 0.2) is 30.3 Å². The largest absolute Gasteiger partial charge is 0.497 e. The van der Waals surface area contributed by atoms with E-state index in [2.05, 4.69) is 5.32 Å². The van der Waals surface area contributed by atoms with E-state index in [1.54, 1.807) is 18.2 Å². The number of hydrogen-bond donors (Lipinski definition) is 2. The zero-order valence-corrected chi connectivity index (χ0v) is 11.0. The summed E-state index contributed by atoms with van der Waals surface area (Å²) in [6, 6.07) is 6.97. The Morgan fingerprint density at radius 1 is 1.00 bits per heavy atom. The first-order chi connectivity index (χ1) is 9.55. The van der Waals surface area contributed by atoms with Crippen molar-refractivity contribution in [3.8, 4) is 11.5 Å². The van der Waals surface area contributed by atoms with Crippen LogP contribution in [0.1, 0.15) is 0 Å². The summed E-state index contributed by atoms with van der Waals surface area (Å²) in [5.41, 5.74) is 5.47. The summed E-state index contributed by atoms with van der Waals surface area (Å²) in [5.74, 6) is -0.606. The van der Waals surface area contributed by atoms with Gasteiger partial charge in [0.1, 0.15) is 17.2 Å². The van der Waals surface area contributed by atoms with E-state index in [0.717, 1.165) is 12.1 Å². The third kappa shape index (κ3) is 2.74. The number of nitrogens with one attached hydrogen (secondary N) is 1. The molecule has 20 heavy (non-hydrogen) atoms. The lowest BCUT2D eigenvalue weighted by atomic mass is 10.2. The van der Waals surface area contributed by atoms with Crippen LogP contribution in [-0.2, 0) is 0 Å². The van der Waals surface area contributed by atoms with Gasteiger partial charge in [0.25, 0.3) is 0 Å². The van der Waals surface area contributed by atoms with Gasteiger partial charge in [0.15, 0.2) is 11.6 Å². The first kappa shape index (κ1) is 13.9. The molecule has 0 spiro atoms. The Balaban J connectivity index is 2.44. The fourth-order valence-corrected chi connectivity index (χ4v) is 1.76. The maximum atomic E-state index is 13.8. The highest BCUT2D eigenvalue weighted by Gasteiger charge is 2.13. The molecular formula is C14H14F2N2O2. The van der Waals surface area contributed by atoms with Crippen LogP contribution in [0.5, 0.6) is 11.5 Å². The topological polar surface area (TPSA) is 56.5 Å². The molecule has 0 heterocycles. The average Bonchev–Trinajstić information content (AvgIpc) is 2.42. The van der Waals surface area contributed by atoms with Gasteiger partial charge in [-0.15, -0.1) is 0 Å². The Bertz CT molecular complexity index is 610. The zero-order chi connectivity index (χ0) is 14.7. The number of nitrogens with two attached hydrogens (primary N) is 1. The molecule has 0 atom stereocenters. The average molecular weight is 280 g/mol. The second-order valence-corrected chi connectivity index (χ2v) is 4.05. The van der Waals surface area contributed by atoms with Gasteiger partial charge < -0.3 is 20.5 Å². The lowest BCUT2D eigenvalue weighted by molar-refractivity contribution is 0.404. The number of halogens is 2. The van der Waals surface area contributed by atoms with Gasteiger partial charge in [-0.1, -0.05) is 0 Å². The highest BCUT2D eigenvalue weighted by atomic mass is 19.1. The monoisotopic (exact) mass is 280 g/mol. The third-order valence-corrected chi connectivity index (χ3v) is 2.73. The number of hydrogen-bond acceptors (Lipinski definition) is 4. The molecule has 0 aliphatic rings. The second kappa shape index (κ2) is 5.64. The summed E-state index contributed by atoms with van der Waals surface area (Å²) in [7, 11) is 2.96. The molecule has 0 aliphatic carbocycles. The molecule has 6 heteroatoms. The summed E-state index contributed by atoms with van der Waals surface area (Å²) >= 11 is 0. The predicted molar refractivity (Wildman–Crippen MR) is 73.6 cm³/mol. The molecule has 0 saturated heterocycles. The van der Waals surface area contributed by atoms with Crippen molar-refractivity contribution in [2.24, 2.45) is 0 Å². The van der Waals surface area contributed by atoms with Crippen LogP contribution in [0.25, 0.3) is 0 Å². The van der Waals surface area contributed by atoms with Crippen LogP contribution in [-0.4, -0.2) is 14.2 Å². The molecule has 0 aliphatic heterocycles. The van der Waals surface area contributed by atoms with Gasteiger partial charge >= 0.3 is 0 Å². The van der Waals surface area contributed by atoms with Crippen LogP contribution in [0, 0.1) is 11.6 Å². The molecule has 106 valence electrons. The SMILES string of the molecule is COc1ccc(OC)c(Nc2c(F)cc(N)cc2F)c1. The van der Waals surface area contributed by atoms with E-state index in [1.165, 1.54) is 14.2 Å².